The first-order valence-electron chi connectivity index (χ1n) is 12.0. The second kappa shape index (κ2) is 8.69. The van der Waals surface area contributed by atoms with Crippen molar-refractivity contribution in [3.8, 4) is 11.1 Å². The summed E-state index contributed by atoms with van der Waals surface area (Å²) in [6.07, 6.45) is 5.31. The van der Waals surface area contributed by atoms with Gasteiger partial charge >= 0.3 is 0 Å². The first kappa shape index (κ1) is 22.1. The van der Waals surface area contributed by atoms with Gasteiger partial charge in [-0.05, 0) is 42.3 Å². The van der Waals surface area contributed by atoms with Crippen molar-refractivity contribution in [1.29, 1.82) is 0 Å². The molecule has 2 aliphatic rings. The molecule has 1 aliphatic carbocycles. The number of H-pyrrole nitrogens is 1. The van der Waals surface area contributed by atoms with Gasteiger partial charge in [0.1, 0.15) is 5.82 Å². The second-order valence-electron chi connectivity index (χ2n) is 9.49. The Morgan fingerprint density at radius 3 is 2.80 bits per heavy atom. The van der Waals surface area contributed by atoms with Gasteiger partial charge in [-0.15, -0.1) is 0 Å². The second-order valence-corrected chi connectivity index (χ2v) is 9.49. The van der Waals surface area contributed by atoms with Crippen molar-refractivity contribution in [2.75, 3.05) is 31.5 Å². The maximum absolute atomic E-state index is 13.2. The van der Waals surface area contributed by atoms with Crippen molar-refractivity contribution in [3.63, 3.8) is 0 Å². The number of pyridine rings is 1. The molecule has 3 N–H and O–H groups in total. The summed E-state index contributed by atoms with van der Waals surface area (Å²) in [7, 11) is 0. The molecule has 0 radical (unpaired) electrons. The van der Waals surface area contributed by atoms with Gasteiger partial charge in [0.15, 0.2) is 0 Å². The molecule has 4 heterocycles. The molecule has 2 atom stereocenters. The third-order valence-corrected chi connectivity index (χ3v) is 7.02. The SMILES string of the molecule is CC(c1ccnc(Nc2nc3ccc(-c4cnn(CC5CC5(F)F)c4)cc3[nH]2)c1)N1CCNCC1. The lowest BCUT2D eigenvalue weighted by Crippen LogP contribution is -2.44. The largest absolute Gasteiger partial charge is 0.324 e. The Balaban J connectivity index is 1.17. The highest BCUT2D eigenvalue weighted by molar-refractivity contribution is 5.83. The highest BCUT2D eigenvalue weighted by atomic mass is 19.3. The number of hydrogen-bond donors (Lipinski definition) is 3. The lowest BCUT2D eigenvalue weighted by molar-refractivity contribution is 0.0942. The molecular weight excluding hydrogens is 450 g/mol. The third-order valence-electron chi connectivity index (χ3n) is 7.02. The van der Waals surface area contributed by atoms with Crippen LogP contribution in [0.25, 0.3) is 22.2 Å². The molecule has 10 heteroatoms. The van der Waals surface area contributed by atoms with Gasteiger partial charge in [-0.3, -0.25) is 9.58 Å². The molecule has 0 bridgehead atoms. The van der Waals surface area contributed by atoms with E-state index in [1.54, 1.807) is 10.9 Å². The van der Waals surface area contributed by atoms with Crippen LogP contribution in [0.3, 0.4) is 0 Å². The Morgan fingerprint density at radius 2 is 2.00 bits per heavy atom. The van der Waals surface area contributed by atoms with Crippen molar-refractivity contribution >= 4 is 22.8 Å². The van der Waals surface area contributed by atoms with Crippen molar-refractivity contribution in [2.45, 2.75) is 31.9 Å². The number of imidazole rings is 1. The third kappa shape index (κ3) is 4.63. The summed E-state index contributed by atoms with van der Waals surface area (Å²) in [6.45, 7) is 6.56. The molecular formula is C25H28F2N8. The molecule has 3 aromatic heterocycles. The predicted octanol–water partition coefficient (Wildman–Crippen LogP) is 4.19. The van der Waals surface area contributed by atoms with Crippen LogP contribution in [0.2, 0.25) is 0 Å². The minimum atomic E-state index is -2.54. The van der Waals surface area contributed by atoms with Crippen LogP contribution in [0.4, 0.5) is 20.5 Å². The highest BCUT2D eigenvalue weighted by Gasteiger charge is 2.56. The molecule has 1 aliphatic heterocycles. The summed E-state index contributed by atoms with van der Waals surface area (Å²) in [4.78, 5) is 14.9. The van der Waals surface area contributed by atoms with E-state index >= 15 is 0 Å². The summed E-state index contributed by atoms with van der Waals surface area (Å²) >= 11 is 0. The molecule has 6 rings (SSSR count). The van der Waals surface area contributed by atoms with E-state index in [2.05, 4.69) is 54.6 Å². The zero-order valence-electron chi connectivity index (χ0n) is 19.5. The van der Waals surface area contributed by atoms with Crippen LogP contribution in [-0.2, 0) is 6.54 Å². The molecule has 182 valence electrons. The number of nitrogens with zero attached hydrogens (tertiary/aromatic N) is 5. The van der Waals surface area contributed by atoms with Crippen molar-refractivity contribution in [2.24, 2.45) is 5.92 Å². The fraction of sp³-hybridized carbons (Fsp3) is 0.400. The van der Waals surface area contributed by atoms with E-state index in [-0.39, 0.29) is 13.0 Å². The molecule has 35 heavy (non-hydrogen) atoms. The molecule has 2 unspecified atom stereocenters. The van der Waals surface area contributed by atoms with E-state index < -0.39 is 11.8 Å². The molecule has 1 aromatic carbocycles. The number of benzene rings is 1. The van der Waals surface area contributed by atoms with E-state index in [0.717, 1.165) is 54.2 Å². The van der Waals surface area contributed by atoms with E-state index in [4.69, 9.17) is 0 Å². The van der Waals surface area contributed by atoms with Crippen LogP contribution in [0.1, 0.15) is 24.9 Å². The summed E-state index contributed by atoms with van der Waals surface area (Å²) in [6, 6.07) is 10.3. The zero-order valence-corrected chi connectivity index (χ0v) is 19.5. The van der Waals surface area contributed by atoms with Crippen LogP contribution in [0, 0.1) is 5.92 Å². The van der Waals surface area contributed by atoms with Crippen molar-refractivity contribution < 1.29 is 8.78 Å². The maximum Gasteiger partial charge on any atom is 0.253 e. The average Bonchev–Trinajstić information content (AvgIpc) is 3.21. The van der Waals surface area contributed by atoms with E-state index in [1.807, 2.05) is 30.6 Å². The van der Waals surface area contributed by atoms with E-state index in [0.29, 0.717) is 12.0 Å². The standard InChI is InChI=1S/C25H28F2N8/c1-16(34-8-6-28-7-9-34)17-4-5-29-23(11-17)33-24-31-21-3-2-18(10-22(21)32-24)19-13-30-35(14-19)15-20-12-25(20,26)27/h2-5,10-11,13-14,16,20,28H,6-9,12,15H2,1H3,(H2,29,31,32,33). The number of aromatic nitrogens is 5. The molecule has 1 saturated carbocycles. The number of alkyl halides is 2. The first-order chi connectivity index (χ1) is 16.9. The lowest BCUT2D eigenvalue weighted by Gasteiger charge is -2.33. The monoisotopic (exact) mass is 478 g/mol. The number of fused-ring (bicyclic) bond motifs is 1. The molecule has 0 amide bonds. The molecule has 8 nitrogen and oxygen atoms in total. The molecule has 4 aromatic rings. The summed E-state index contributed by atoms with van der Waals surface area (Å²) in [5, 5.41) is 11.0. The van der Waals surface area contributed by atoms with Gasteiger partial charge in [-0.25, -0.2) is 18.7 Å². The highest BCUT2D eigenvalue weighted by Crippen LogP contribution is 2.49. The Labute approximate surface area is 201 Å². The number of nitrogens with one attached hydrogen (secondary N) is 3. The summed E-state index contributed by atoms with van der Waals surface area (Å²) < 4.78 is 28.1. The van der Waals surface area contributed by atoms with Crippen LogP contribution < -0.4 is 10.6 Å². The van der Waals surface area contributed by atoms with Gasteiger partial charge in [-0.2, -0.15) is 5.10 Å². The van der Waals surface area contributed by atoms with Crippen LogP contribution in [0.5, 0.6) is 0 Å². The van der Waals surface area contributed by atoms with Crippen LogP contribution in [0.15, 0.2) is 48.9 Å². The Bertz CT molecular complexity index is 1340. The molecule has 0 spiro atoms. The van der Waals surface area contributed by atoms with E-state index in [9.17, 15) is 8.78 Å². The molecule has 2 fully saturated rings. The number of hydrogen-bond acceptors (Lipinski definition) is 6. The smallest absolute Gasteiger partial charge is 0.253 e. The van der Waals surface area contributed by atoms with Crippen molar-refractivity contribution in [3.05, 3.63) is 54.5 Å². The van der Waals surface area contributed by atoms with Gasteiger partial charge in [-0.1, -0.05) is 6.07 Å². The molecule has 1 saturated heterocycles. The van der Waals surface area contributed by atoms with E-state index in [1.165, 1.54) is 5.56 Å². The number of rotatable bonds is 7. The van der Waals surface area contributed by atoms with Gasteiger partial charge in [0.05, 0.1) is 17.2 Å². The predicted molar refractivity (Wildman–Crippen MR) is 131 cm³/mol. The summed E-state index contributed by atoms with van der Waals surface area (Å²) in [5.41, 5.74) is 4.75. The lowest BCUT2D eigenvalue weighted by atomic mass is 10.1. The normalized spacial score (nSPS) is 20.7. The number of piperazine rings is 1. The van der Waals surface area contributed by atoms with Gasteiger partial charge in [0.2, 0.25) is 5.95 Å². The quantitative estimate of drug-likeness (QED) is 0.369. The van der Waals surface area contributed by atoms with Gasteiger partial charge in [0.25, 0.3) is 5.92 Å². The fourth-order valence-electron chi connectivity index (χ4n) is 4.73. The Hall–Kier alpha value is -3.37. The average molecular weight is 479 g/mol. The fourth-order valence-corrected chi connectivity index (χ4v) is 4.73. The number of anilines is 2. The van der Waals surface area contributed by atoms with Gasteiger partial charge < -0.3 is 15.6 Å². The minimum Gasteiger partial charge on any atom is -0.324 e. The zero-order chi connectivity index (χ0) is 24.0. The Kier molecular flexibility index (Phi) is 5.49. The van der Waals surface area contributed by atoms with Crippen LogP contribution >= 0.6 is 0 Å². The Morgan fingerprint density at radius 1 is 1.17 bits per heavy atom. The maximum atomic E-state index is 13.2. The minimum absolute atomic E-state index is 0.0511. The number of halogens is 2. The van der Waals surface area contributed by atoms with Gasteiger partial charge in [0, 0.05) is 69.1 Å². The first-order valence-corrected chi connectivity index (χ1v) is 12.0. The van der Waals surface area contributed by atoms with Crippen molar-refractivity contribution in [1.82, 2.24) is 34.9 Å². The topological polar surface area (TPSA) is 86.7 Å². The summed E-state index contributed by atoms with van der Waals surface area (Å²) in [5.74, 6) is -1.79. The number of aromatic amines is 1. The van der Waals surface area contributed by atoms with Crippen LogP contribution in [-0.4, -0.2) is 61.7 Å².